The fourth-order valence-corrected chi connectivity index (χ4v) is 1.73. The first-order valence-electron chi connectivity index (χ1n) is 6.51. The van der Waals surface area contributed by atoms with Crippen LogP contribution < -0.4 is 10.1 Å². The lowest BCUT2D eigenvalue weighted by molar-refractivity contribution is -0.141. The lowest BCUT2D eigenvalue weighted by Gasteiger charge is -2.19. The van der Waals surface area contributed by atoms with Crippen LogP contribution in [0.5, 0.6) is 5.88 Å². The summed E-state index contributed by atoms with van der Waals surface area (Å²) in [5.41, 5.74) is 0. The van der Waals surface area contributed by atoms with Crippen molar-refractivity contribution in [1.82, 2.24) is 4.98 Å². The van der Waals surface area contributed by atoms with Crippen LogP contribution >= 0.6 is 0 Å². The third-order valence-corrected chi connectivity index (χ3v) is 2.53. The van der Waals surface area contributed by atoms with E-state index < -0.39 is 6.04 Å². The van der Waals surface area contributed by atoms with Gasteiger partial charge in [-0.1, -0.05) is 19.9 Å². The second-order valence-electron chi connectivity index (χ2n) is 4.64. The Morgan fingerprint density at radius 1 is 1.42 bits per heavy atom. The van der Waals surface area contributed by atoms with Crippen LogP contribution in [0.25, 0.3) is 0 Å². The van der Waals surface area contributed by atoms with Crippen molar-refractivity contribution in [3.8, 4) is 5.88 Å². The van der Waals surface area contributed by atoms with Crippen LogP contribution in [-0.4, -0.2) is 30.7 Å². The molecule has 0 aliphatic rings. The summed E-state index contributed by atoms with van der Waals surface area (Å²) >= 11 is 0. The van der Waals surface area contributed by atoms with Crippen LogP contribution in [0.1, 0.15) is 27.2 Å². The molecular weight excluding hydrogens is 244 g/mol. The van der Waals surface area contributed by atoms with E-state index in [9.17, 15) is 4.79 Å². The molecule has 0 spiro atoms. The maximum absolute atomic E-state index is 11.7. The molecule has 0 amide bonds. The average molecular weight is 266 g/mol. The van der Waals surface area contributed by atoms with Crippen LogP contribution in [0.3, 0.4) is 0 Å². The minimum atomic E-state index is -0.394. The fourth-order valence-electron chi connectivity index (χ4n) is 1.73. The summed E-state index contributed by atoms with van der Waals surface area (Å²) in [6.07, 6.45) is 0.688. The van der Waals surface area contributed by atoms with Crippen LogP contribution in [-0.2, 0) is 9.53 Å². The van der Waals surface area contributed by atoms with E-state index in [0.717, 1.165) is 0 Å². The maximum atomic E-state index is 11.7. The van der Waals surface area contributed by atoms with Gasteiger partial charge >= 0.3 is 5.97 Å². The van der Waals surface area contributed by atoms with Gasteiger partial charge in [-0.2, -0.15) is 4.98 Å². The minimum Gasteiger partial charge on any atom is -0.478 e. The number of esters is 1. The standard InChI is InChI=1S/C14H22N2O3/c1-5-19-13-8-6-7-12(16-13)15-11(9-10(2)3)14(17)18-4/h6-8,10-11H,5,9H2,1-4H3,(H,15,16). The highest BCUT2D eigenvalue weighted by molar-refractivity contribution is 5.78. The summed E-state index contributed by atoms with van der Waals surface area (Å²) in [5, 5.41) is 3.09. The number of carbonyl (C=O) groups is 1. The molecule has 0 aromatic carbocycles. The molecule has 0 radical (unpaired) electrons. The molecule has 1 N–H and O–H groups in total. The highest BCUT2D eigenvalue weighted by Crippen LogP contribution is 2.15. The number of rotatable bonds is 7. The largest absolute Gasteiger partial charge is 0.478 e. The molecule has 1 atom stereocenters. The molecule has 1 unspecified atom stereocenters. The van der Waals surface area contributed by atoms with Gasteiger partial charge in [0.2, 0.25) is 5.88 Å². The van der Waals surface area contributed by atoms with Gasteiger partial charge < -0.3 is 14.8 Å². The number of anilines is 1. The van der Waals surface area contributed by atoms with Crippen molar-refractivity contribution in [2.24, 2.45) is 5.92 Å². The van der Waals surface area contributed by atoms with Gasteiger partial charge in [-0.3, -0.25) is 0 Å². The topological polar surface area (TPSA) is 60.5 Å². The molecule has 0 aliphatic heterocycles. The van der Waals surface area contributed by atoms with E-state index in [0.29, 0.717) is 30.6 Å². The molecule has 0 saturated carbocycles. The second kappa shape index (κ2) is 7.61. The van der Waals surface area contributed by atoms with Gasteiger partial charge in [0.15, 0.2) is 0 Å². The first-order chi connectivity index (χ1) is 9.06. The normalized spacial score (nSPS) is 12.1. The summed E-state index contributed by atoms with van der Waals surface area (Å²) in [7, 11) is 1.39. The van der Waals surface area contributed by atoms with E-state index in [2.05, 4.69) is 24.1 Å². The Morgan fingerprint density at radius 2 is 2.16 bits per heavy atom. The summed E-state index contributed by atoms with van der Waals surface area (Å²) in [6, 6.07) is 5.03. The van der Waals surface area contributed by atoms with Crippen LogP contribution in [0, 0.1) is 5.92 Å². The van der Waals surface area contributed by atoms with E-state index in [4.69, 9.17) is 9.47 Å². The average Bonchev–Trinajstić information content (AvgIpc) is 2.37. The molecule has 19 heavy (non-hydrogen) atoms. The molecule has 0 aliphatic carbocycles. The summed E-state index contributed by atoms with van der Waals surface area (Å²) in [4.78, 5) is 16.0. The third-order valence-electron chi connectivity index (χ3n) is 2.53. The fraction of sp³-hybridized carbons (Fsp3) is 0.571. The number of hydrogen-bond donors (Lipinski definition) is 1. The number of nitrogens with one attached hydrogen (secondary N) is 1. The molecular formula is C14H22N2O3. The zero-order valence-electron chi connectivity index (χ0n) is 12.0. The Bertz CT molecular complexity index is 407. The Labute approximate surface area is 114 Å². The molecule has 5 heteroatoms. The van der Waals surface area contributed by atoms with Crippen molar-refractivity contribution in [3.05, 3.63) is 18.2 Å². The quantitative estimate of drug-likeness (QED) is 0.768. The SMILES string of the molecule is CCOc1cccc(NC(CC(C)C)C(=O)OC)n1. The molecule has 0 fully saturated rings. The van der Waals surface area contributed by atoms with Crippen molar-refractivity contribution >= 4 is 11.8 Å². The summed E-state index contributed by atoms with van der Waals surface area (Å²) in [6.45, 7) is 6.57. The van der Waals surface area contributed by atoms with Gasteiger partial charge in [-0.15, -0.1) is 0 Å². The van der Waals surface area contributed by atoms with Crippen LogP contribution in [0.4, 0.5) is 5.82 Å². The molecule has 5 nitrogen and oxygen atoms in total. The number of methoxy groups -OCH3 is 1. The number of nitrogens with zero attached hydrogens (tertiary/aromatic N) is 1. The van der Waals surface area contributed by atoms with Crippen LogP contribution in [0.15, 0.2) is 18.2 Å². The van der Waals surface area contributed by atoms with Gasteiger partial charge in [0.1, 0.15) is 11.9 Å². The van der Waals surface area contributed by atoms with Gasteiger partial charge in [0.05, 0.1) is 13.7 Å². The monoisotopic (exact) mass is 266 g/mol. The van der Waals surface area contributed by atoms with Gasteiger partial charge in [-0.05, 0) is 25.3 Å². The van der Waals surface area contributed by atoms with Crippen molar-refractivity contribution in [1.29, 1.82) is 0 Å². The second-order valence-corrected chi connectivity index (χ2v) is 4.64. The van der Waals surface area contributed by atoms with Crippen LogP contribution in [0.2, 0.25) is 0 Å². The highest BCUT2D eigenvalue weighted by Gasteiger charge is 2.20. The number of aromatic nitrogens is 1. The molecule has 106 valence electrons. The van der Waals surface area contributed by atoms with Crippen molar-refractivity contribution in [3.63, 3.8) is 0 Å². The van der Waals surface area contributed by atoms with E-state index in [-0.39, 0.29) is 5.97 Å². The molecule has 1 aromatic rings. The Kier molecular flexibility index (Phi) is 6.12. The molecule has 1 rings (SSSR count). The van der Waals surface area contributed by atoms with E-state index in [1.165, 1.54) is 7.11 Å². The van der Waals surface area contributed by atoms with Gasteiger partial charge in [-0.25, -0.2) is 4.79 Å². The van der Waals surface area contributed by atoms with Crippen molar-refractivity contribution in [2.75, 3.05) is 19.0 Å². The predicted molar refractivity (Wildman–Crippen MR) is 74.3 cm³/mol. The first-order valence-corrected chi connectivity index (χ1v) is 6.51. The smallest absolute Gasteiger partial charge is 0.328 e. The van der Waals surface area contributed by atoms with E-state index in [1.807, 2.05) is 13.0 Å². The molecule has 0 saturated heterocycles. The number of pyridine rings is 1. The van der Waals surface area contributed by atoms with Crippen molar-refractivity contribution in [2.45, 2.75) is 33.2 Å². The van der Waals surface area contributed by atoms with E-state index in [1.54, 1.807) is 12.1 Å². The zero-order valence-corrected chi connectivity index (χ0v) is 12.0. The van der Waals surface area contributed by atoms with Gasteiger partial charge in [0, 0.05) is 6.07 Å². The Balaban J connectivity index is 2.77. The van der Waals surface area contributed by atoms with E-state index >= 15 is 0 Å². The number of hydrogen-bond acceptors (Lipinski definition) is 5. The molecule has 0 bridgehead atoms. The highest BCUT2D eigenvalue weighted by atomic mass is 16.5. The molecule has 1 aromatic heterocycles. The summed E-state index contributed by atoms with van der Waals surface area (Å²) in [5.74, 6) is 1.26. The Morgan fingerprint density at radius 3 is 2.74 bits per heavy atom. The number of carbonyl (C=O) groups excluding carboxylic acids is 1. The minimum absolute atomic E-state index is 0.280. The maximum Gasteiger partial charge on any atom is 0.328 e. The summed E-state index contributed by atoms with van der Waals surface area (Å²) < 4.78 is 10.1. The molecule has 1 heterocycles. The predicted octanol–water partition coefficient (Wildman–Crippen LogP) is 2.48. The lowest BCUT2D eigenvalue weighted by atomic mass is 10.0. The number of ether oxygens (including phenoxy) is 2. The Hall–Kier alpha value is -1.78. The zero-order chi connectivity index (χ0) is 14.3. The lowest BCUT2D eigenvalue weighted by Crippen LogP contribution is -2.32. The first kappa shape index (κ1) is 15.3. The van der Waals surface area contributed by atoms with Gasteiger partial charge in [0.25, 0.3) is 0 Å². The third kappa shape index (κ3) is 5.16. The van der Waals surface area contributed by atoms with Crippen molar-refractivity contribution < 1.29 is 14.3 Å².